The molecule has 4 fully saturated rings. The predicted octanol–water partition coefficient (Wildman–Crippen LogP) is 5.07. The minimum absolute atomic E-state index is 0.164. The van der Waals surface area contributed by atoms with Crippen molar-refractivity contribution in [2.45, 2.75) is 72.2 Å². The second-order valence-corrected chi connectivity index (χ2v) is 13.8. The third-order valence-corrected chi connectivity index (χ3v) is 10.7. The van der Waals surface area contributed by atoms with E-state index in [-0.39, 0.29) is 30.6 Å². The van der Waals surface area contributed by atoms with Crippen molar-refractivity contribution in [2.75, 3.05) is 39.2 Å². The van der Waals surface area contributed by atoms with Gasteiger partial charge in [-0.1, -0.05) is 26.8 Å². The summed E-state index contributed by atoms with van der Waals surface area (Å²) in [6, 6.07) is 11.1. The van der Waals surface area contributed by atoms with E-state index >= 15 is 0 Å². The van der Waals surface area contributed by atoms with Crippen molar-refractivity contribution in [3.05, 3.63) is 64.0 Å². The van der Waals surface area contributed by atoms with Gasteiger partial charge < -0.3 is 25.0 Å². The van der Waals surface area contributed by atoms with Gasteiger partial charge in [-0.05, 0) is 79.2 Å². The van der Waals surface area contributed by atoms with E-state index in [0.717, 1.165) is 43.6 Å². The Morgan fingerprint density at radius 1 is 1.18 bits per heavy atom. The summed E-state index contributed by atoms with van der Waals surface area (Å²) < 4.78 is 26.8. The molecule has 2 N–H and O–H groups in total. The summed E-state index contributed by atoms with van der Waals surface area (Å²) in [5.74, 6) is 3.46. The molecule has 1 unspecified atom stereocenters. The molecule has 242 valence electrons. The molecule has 2 bridgehead atoms. The Morgan fingerprint density at radius 3 is 2.69 bits per heavy atom. The molecule has 9 nitrogen and oxygen atoms in total. The van der Waals surface area contributed by atoms with E-state index in [1.54, 1.807) is 23.8 Å². The maximum atomic E-state index is 14.6. The molecule has 7 rings (SSSR count). The number of guanidine groups is 1. The monoisotopic (exact) mass is 618 g/mol. The van der Waals surface area contributed by atoms with Gasteiger partial charge in [-0.25, -0.2) is 14.4 Å². The predicted molar refractivity (Wildman–Crippen MR) is 176 cm³/mol. The fraction of sp³-hybridized carbons (Fsp3) is 0.571. The number of hydrogen-bond acceptors (Lipinski definition) is 6. The zero-order chi connectivity index (χ0) is 31.9. The molecular formula is C35H47FN6O3. The lowest BCUT2D eigenvalue weighted by Gasteiger charge is -2.61. The van der Waals surface area contributed by atoms with Crippen LogP contribution >= 0.6 is 0 Å². The van der Waals surface area contributed by atoms with Gasteiger partial charge in [-0.3, -0.25) is 9.36 Å². The molecule has 1 aromatic heterocycles. The number of benzene rings is 2. The molecule has 2 aromatic carbocycles. The highest BCUT2D eigenvalue weighted by molar-refractivity contribution is 5.96. The zero-order valence-electron chi connectivity index (χ0n) is 27.4. The number of aryl methyl sites for hydroxylation is 1. The maximum Gasteiger partial charge on any atom is 0.261 e. The maximum absolute atomic E-state index is 14.6. The molecule has 45 heavy (non-hydrogen) atoms. The zero-order valence-corrected chi connectivity index (χ0v) is 27.4. The van der Waals surface area contributed by atoms with Crippen LogP contribution in [-0.4, -0.2) is 66.3 Å². The topological polar surface area (TPSA) is 93.0 Å². The van der Waals surface area contributed by atoms with E-state index in [2.05, 4.69) is 43.2 Å². The molecule has 4 aliphatic rings. The smallest absolute Gasteiger partial charge is 0.261 e. The van der Waals surface area contributed by atoms with E-state index in [0.29, 0.717) is 57.8 Å². The number of fused-ring (bicyclic) bond motifs is 3. The van der Waals surface area contributed by atoms with Gasteiger partial charge in [0.15, 0.2) is 5.96 Å². The number of methoxy groups -OCH3 is 2. The molecule has 3 saturated carbocycles. The Labute approximate surface area is 265 Å². The number of halogens is 1. The molecular weight excluding hydrogens is 571 g/mol. The van der Waals surface area contributed by atoms with Crippen molar-refractivity contribution < 1.29 is 13.9 Å². The van der Waals surface area contributed by atoms with Gasteiger partial charge in [0.2, 0.25) is 0 Å². The van der Waals surface area contributed by atoms with Gasteiger partial charge in [-0.2, -0.15) is 0 Å². The fourth-order valence-electron chi connectivity index (χ4n) is 7.80. The Bertz CT molecular complexity index is 1640. The standard InChI is InChI=1S/C35H47FN6O3/c1-21-19-41(14-12-37-21)34(40-30-16-24-15-28(22(30)2)35(24,3)4)38-25-8-10-27-31(17-25)39-32(20-44-5)42(33(27)43)13-11-23-7-9-26(45-6)18-29(23)36/h7-10,17-18,21-22,24,28,30,37H,11-16,19-20H2,1-6H3,(H,38,40)/t21-,22-,24+,28-,30?/m0/s1. The lowest BCUT2D eigenvalue weighted by molar-refractivity contribution is -0.108. The summed E-state index contributed by atoms with van der Waals surface area (Å²) >= 11 is 0. The number of piperazine rings is 1. The number of aliphatic imine (C=N–C) groups is 1. The quantitative estimate of drug-likeness (QED) is 0.269. The lowest BCUT2D eigenvalue weighted by Crippen LogP contribution is -2.57. The van der Waals surface area contributed by atoms with Gasteiger partial charge in [0.25, 0.3) is 5.56 Å². The summed E-state index contributed by atoms with van der Waals surface area (Å²) in [4.78, 5) is 26.3. The molecule has 10 heteroatoms. The molecule has 1 aliphatic heterocycles. The third-order valence-electron chi connectivity index (χ3n) is 10.7. The van der Waals surface area contributed by atoms with Crippen LogP contribution in [0.4, 0.5) is 10.1 Å². The SMILES string of the molecule is COCc1nc2cc(NC(=NC3C[C@H]4C[C@@H]([C@@H]3C)C4(C)C)N3CCN[C@@H](C)C3)ccc2c(=O)n1CCc1ccc(OC)cc1F. The van der Waals surface area contributed by atoms with Gasteiger partial charge in [0.1, 0.15) is 24.0 Å². The second kappa shape index (κ2) is 12.7. The van der Waals surface area contributed by atoms with E-state index in [4.69, 9.17) is 19.5 Å². The van der Waals surface area contributed by atoms with E-state index in [1.807, 2.05) is 18.2 Å². The van der Waals surface area contributed by atoms with Crippen molar-refractivity contribution in [1.29, 1.82) is 0 Å². The first-order valence-corrected chi connectivity index (χ1v) is 16.3. The number of nitrogens with zero attached hydrogens (tertiary/aromatic N) is 4. The van der Waals surface area contributed by atoms with E-state index in [9.17, 15) is 9.18 Å². The van der Waals surface area contributed by atoms with E-state index in [1.165, 1.54) is 19.6 Å². The average molecular weight is 619 g/mol. The molecule has 0 spiro atoms. The van der Waals surface area contributed by atoms with Crippen LogP contribution in [0.3, 0.4) is 0 Å². The first-order chi connectivity index (χ1) is 21.6. The van der Waals surface area contributed by atoms with Crippen LogP contribution in [0.25, 0.3) is 10.9 Å². The molecule has 2 heterocycles. The number of aromatic nitrogens is 2. The normalized spacial score (nSPS) is 26.1. The first-order valence-electron chi connectivity index (χ1n) is 16.3. The first kappa shape index (κ1) is 31.5. The minimum atomic E-state index is -0.361. The highest BCUT2D eigenvalue weighted by Crippen LogP contribution is 2.61. The minimum Gasteiger partial charge on any atom is -0.497 e. The van der Waals surface area contributed by atoms with Crippen molar-refractivity contribution in [3.8, 4) is 5.75 Å². The van der Waals surface area contributed by atoms with E-state index < -0.39 is 0 Å². The molecule has 5 atom stereocenters. The number of ether oxygens (including phenoxy) is 2. The summed E-state index contributed by atoms with van der Waals surface area (Å²) in [6.07, 6.45) is 2.78. The van der Waals surface area contributed by atoms with Crippen LogP contribution in [0, 0.1) is 29.0 Å². The lowest BCUT2D eigenvalue weighted by atomic mass is 9.45. The van der Waals surface area contributed by atoms with Crippen LogP contribution in [0.1, 0.15) is 51.9 Å². The molecule has 0 amide bonds. The summed E-state index contributed by atoms with van der Waals surface area (Å²) in [5.41, 5.74) is 2.17. The second-order valence-electron chi connectivity index (χ2n) is 13.8. The Hall–Kier alpha value is -3.50. The van der Waals surface area contributed by atoms with Crippen molar-refractivity contribution in [3.63, 3.8) is 0 Å². The Balaban J connectivity index is 1.29. The van der Waals surface area contributed by atoms with Crippen molar-refractivity contribution in [1.82, 2.24) is 19.8 Å². The van der Waals surface area contributed by atoms with Gasteiger partial charge in [0, 0.05) is 51.1 Å². The van der Waals surface area contributed by atoms with Crippen molar-refractivity contribution >= 4 is 22.5 Å². The van der Waals surface area contributed by atoms with Gasteiger partial charge >= 0.3 is 0 Å². The summed E-state index contributed by atoms with van der Waals surface area (Å²) in [5, 5.41) is 7.69. The highest BCUT2D eigenvalue weighted by Gasteiger charge is 2.56. The average Bonchev–Trinajstić information content (AvgIpc) is 3.01. The number of nitrogens with one attached hydrogen (secondary N) is 2. The molecule has 1 saturated heterocycles. The van der Waals surface area contributed by atoms with Crippen LogP contribution in [-0.2, 0) is 24.3 Å². The van der Waals surface area contributed by atoms with Gasteiger partial charge in [0.05, 0.1) is 24.1 Å². The van der Waals surface area contributed by atoms with Crippen LogP contribution < -0.4 is 20.9 Å². The molecule has 3 aliphatic carbocycles. The third kappa shape index (κ3) is 6.19. The van der Waals surface area contributed by atoms with Crippen LogP contribution in [0.15, 0.2) is 46.2 Å². The van der Waals surface area contributed by atoms with Crippen LogP contribution in [0.5, 0.6) is 5.75 Å². The van der Waals surface area contributed by atoms with Crippen LogP contribution in [0.2, 0.25) is 0 Å². The highest BCUT2D eigenvalue weighted by atomic mass is 19.1. The number of anilines is 1. The fourth-order valence-corrected chi connectivity index (χ4v) is 7.80. The number of hydrogen-bond donors (Lipinski definition) is 2. The Kier molecular flexibility index (Phi) is 8.89. The molecule has 0 radical (unpaired) electrons. The summed E-state index contributed by atoms with van der Waals surface area (Å²) in [6.45, 7) is 12.5. The van der Waals surface area contributed by atoms with Crippen molar-refractivity contribution in [2.24, 2.45) is 28.2 Å². The molecule has 3 aromatic rings. The summed E-state index contributed by atoms with van der Waals surface area (Å²) in [7, 11) is 3.09. The van der Waals surface area contributed by atoms with Gasteiger partial charge in [-0.15, -0.1) is 0 Å². The number of rotatable bonds is 8. The largest absolute Gasteiger partial charge is 0.497 e. The Morgan fingerprint density at radius 2 is 2.00 bits per heavy atom.